The van der Waals surface area contributed by atoms with E-state index in [2.05, 4.69) is 0 Å². The Kier molecular flexibility index (Phi) is 5.88. The molecule has 0 radical (unpaired) electrons. The van der Waals surface area contributed by atoms with Gasteiger partial charge in [0.15, 0.2) is 11.5 Å². The molecule has 0 spiro atoms. The molecule has 0 saturated carbocycles. The largest absolute Gasteiger partial charge is 0.508 e. The van der Waals surface area contributed by atoms with E-state index in [1.54, 1.807) is 30.3 Å². The number of benzene rings is 4. The second-order valence-electron chi connectivity index (χ2n) is 8.34. The second-order valence-corrected chi connectivity index (χ2v) is 8.34. The minimum atomic E-state index is 0.0765. The fourth-order valence-corrected chi connectivity index (χ4v) is 3.90. The number of hydrogen-bond acceptors (Lipinski definition) is 5. The summed E-state index contributed by atoms with van der Waals surface area (Å²) in [6.07, 6.45) is 0. The van der Waals surface area contributed by atoms with Crippen LogP contribution < -0.4 is 9.64 Å². The number of anilines is 3. The molecule has 0 aromatic heterocycles. The molecule has 4 aromatic carbocycles. The van der Waals surface area contributed by atoms with E-state index in [1.165, 1.54) is 0 Å². The molecule has 0 unspecified atom stereocenters. The molecular formula is C28H27NO4. The predicted octanol–water partition coefficient (Wildman–Crippen LogP) is 7.30. The normalized spacial score (nSPS) is 10.8. The third-order valence-electron chi connectivity index (χ3n) is 5.56. The summed E-state index contributed by atoms with van der Waals surface area (Å²) in [5.41, 5.74) is 5.94. The van der Waals surface area contributed by atoms with Crippen molar-refractivity contribution in [3.8, 4) is 28.7 Å². The summed E-state index contributed by atoms with van der Waals surface area (Å²) in [6.45, 7) is 7.70. The Morgan fingerprint density at radius 3 is 1.82 bits per heavy atom. The van der Waals surface area contributed by atoms with Crippen molar-refractivity contribution >= 4 is 17.1 Å². The minimum Gasteiger partial charge on any atom is -0.508 e. The molecule has 0 fully saturated rings. The van der Waals surface area contributed by atoms with Crippen LogP contribution in [-0.4, -0.2) is 15.3 Å². The standard InChI is InChI=1S/C28H27NO4/c1-17-10-22(14-24(30)12-17)29(23-11-18(2)13-25(31)15-23)21-6-5-7-26(16-21)33-28-20(4)19(3)8-9-27(28)32/h5-16,30-32H,1-4H3. The molecule has 4 aromatic rings. The van der Waals surface area contributed by atoms with Crippen LogP contribution in [-0.2, 0) is 0 Å². The van der Waals surface area contributed by atoms with Gasteiger partial charge >= 0.3 is 0 Å². The SMILES string of the molecule is Cc1cc(O)cc(N(c2cc(C)cc(O)c2)c2cccc(Oc3c(O)ccc(C)c3C)c2)c1. The number of phenolic OH excluding ortho intramolecular Hbond substituents is 3. The first-order chi connectivity index (χ1) is 15.7. The van der Waals surface area contributed by atoms with Crippen molar-refractivity contribution in [1.29, 1.82) is 0 Å². The quantitative estimate of drug-likeness (QED) is 0.303. The lowest BCUT2D eigenvalue weighted by Crippen LogP contribution is -2.10. The van der Waals surface area contributed by atoms with Gasteiger partial charge in [0.1, 0.15) is 17.2 Å². The number of aryl methyl sites for hydroxylation is 3. The third-order valence-corrected chi connectivity index (χ3v) is 5.56. The van der Waals surface area contributed by atoms with Gasteiger partial charge in [0.05, 0.1) is 11.4 Å². The van der Waals surface area contributed by atoms with Gasteiger partial charge in [-0.2, -0.15) is 0 Å². The smallest absolute Gasteiger partial charge is 0.172 e. The Hall–Kier alpha value is -4.12. The van der Waals surface area contributed by atoms with Crippen LogP contribution in [0.1, 0.15) is 22.3 Å². The molecule has 3 N–H and O–H groups in total. The van der Waals surface area contributed by atoms with Crippen molar-refractivity contribution in [2.24, 2.45) is 0 Å². The Morgan fingerprint density at radius 2 is 1.24 bits per heavy atom. The molecule has 33 heavy (non-hydrogen) atoms. The molecule has 0 amide bonds. The van der Waals surface area contributed by atoms with Crippen molar-refractivity contribution in [3.05, 3.63) is 95.1 Å². The van der Waals surface area contributed by atoms with Crippen molar-refractivity contribution in [3.63, 3.8) is 0 Å². The van der Waals surface area contributed by atoms with E-state index < -0.39 is 0 Å². The lowest BCUT2D eigenvalue weighted by molar-refractivity contribution is 0.408. The van der Waals surface area contributed by atoms with Crippen LogP contribution in [0.4, 0.5) is 17.1 Å². The van der Waals surface area contributed by atoms with Crippen molar-refractivity contribution < 1.29 is 20.1 Å². The fourth-order valence-electron chi connectivity index (χ4n) is 3.90. The maximum absolute atomic E-state index is 10.3. The Balaban J connectivity index is 1.84. The van der Waals surface area contributed by atoms with Gasteiger partial charge in [-0.05, 0) is 92.4 Å². The highest BCUT2D eigenvalue weighted by molar-refractivity contribution is 5.79. The zero-order chi connectivity index (χ0) is 23.7. The van der Waals surface area contributed by atoms with Gasteiger partial charge in [0.25, 0.3) is 0 Å². The molecule has 4 rings (SSSR count). The lowest BCUT2D eigenvalue weighted by Gasteiger charge is -2.27. The van der Waals surface area contributed by atoms with Crippen molar-refractivity contribution in [1.82, 2.24) is 0 Å². The number of phenols is 3. The van der Waals surface area contributed by atoms with Crippen LogP contribution in [0.25, 0.3) is 0 Å². The molecule has 0 aliphatic heterocycles. The average molecular weight is 442 g/mol. The molecule has 0 heterocycles. The maximum atomic E-state index is 10.3. The summed E-state index contributed by atoms with van der Waals surface area (Å²) in [5.74, 6) is 1.35. The Bertz CT molecular complexity index is 1240. The first-order valence-electron chi connectivity index (χ1n) is 10.7. The summed E-state index contributed by atoms with van der Waals surface area (Å²) >= 11 is 0. The van der Waals surface area contributed by atoms with E-state index in [1.807, 2.05) is 75.1 Å². The molecular weight excluding hydrogens is 414 g/mol. The molecule has 0 aliphatic rings. The van der Waals surface area contributed by atoms with E-state index in [-0.39, 0.29) is 17.2 Å². The second kappa shape index (κ2) is 8.79. The molecule has 0 atom stereocenters. The highest BCUT2D eigenvalue weighted by Gasteiger charge is 2.17. The lowest BCUT2D eigenvalue weighted by atomic mass is 10.1. The van der Waals surface area contributed by atoms with Crippen molar-refractivity contribution in [2.75, 3.05) is 4.90 Å². The van der Waals surface area contributed by atoms with Gasteiger partial charge in [0.2, 0.25) is 0 Å². The van der Waals surface area contributed by atoms with Gasteiger partial charge in [-0.1, -0.05) is 12.1 Å². The molecule has 0 saturated heterocycles. The van der Waals surface area contributed by atoms with Gasteiger partial charge in [-0.25, -0.2) is 0 Å². The summed E-state index contributed by atoms with van der Waals surface area (Å²) in [4.78, 5) is 1.94. The Labute approximate surface area is 193 Å². The molecule has 5 nitrogen and oxygen atoms in total. The monoisotopic (exact) mass is 441 g/mol. The molecule has 168 valence electrons. The minimum absolute atomic E-state index is 0.0765. The zero-order valence-electron chi connectivity index (χ0n) is 19.1. The summed E-state index contributed by atoms with van der Waals surface area (Å²) in [6, 6.07) is 21.6. The van der Waals surface area contributed by atoms with Gasteiger partial charge in [-0.15, -0.1) is 0 Å². The number of hydrogen-bond donors (Lipinski definition) is 3. The maximum Gasteiger partial charge on any atom is 0.172 e. The van der Waals surface area contributed by atoms with Crippen LogP contribution in [0, 0.1) is 27.7 Å². The van der Waals surface area contributed by atoms with E-state index >= 15 is 0 Å². The number of nitrogens with zero attached hydrogens (tertiary/aromatic N) is 1. The van der Waals surface area contributed by atoms with Crippen LogP contribution in [0.5, 0.6) is 28.7 Å². The van der Waals surface area contributed by atoms with Crippen LogP contribution in [0.15, 0.2) is 72.8 Å². The van der Waals surface area contributed by atoms with E-state index in [0.29, 0.717) is 11.5 Å². The third kappa shape index (κ3) is 4.72. The predicted molar refractivity (Wildman–Crippen MR) is 132 cm³/mol. The molecule has 0 aliphatic carbocycles. The summed E-state index contributed by atoms with van der Waals surface area (Å²) in [7, 11) is 0. The van der Waals surface area contributed by atoms with Gasteiger partial charge < -0.3 is 25.0 Å². The van der Waals surface area contributed by atoms with E-state index in [9.17, 15) is 15.3 Å². The highest BCUT2D eigenvalue weighted by Crippen LogP contribution is 2.41. The number of aromatic hydroxyl groups is 3. The van der Waals surface area contributed by atoms with Gasteiger partial charge in [-0.3, -0.25) is 0 Å². The van der Waals surface area contributed by atoms with Crippen LogP contribution >= 0.6 is 0 Å². The highest BCUT2D eigenvalue weighted by atomic mass is 16.5. The fraction of sp³-hybridized carbons (Fsp3) is 0.143. The van der Waals surface area contributed by atoms with Crippen molar-refractivity contribution in [2.45, 2.75) is 27.7 Å². The number of rotatable bonds is 5. The summed E-state index contributed by atoms with van der Waals surface area (Å²) in [5, 5.41) is 30.9. The topological polar surface area (TPSA) is 73.2 Å². The first-order valence-corrected chi connectivity index (χ1v) is 10.7. The zero-order valence-corrected chi connectivity index (χ0v) is 19.1. The summed E-state index contributed by atoms with van der Waals surface area (Å²) < 4.78 is 6.10. The molecule has 5 heteroatoms. The number of ether oxygens (including phenoxy) is 1. The average Bonchev–Trinajstić information content (AvgIpc) is 2.73. The van der Waals surface area contributed by atoms with Crippen LogP contribution in [0.2, 0.25) is 0 Å². The van der Waals surface area contributed by atoms with Crippen LogP contribution in [0.3, 0.4) is 0 Å². The molecule has 0 bridgehead atoms. The van der Waals surface area contributed by atoms with E-state index in [4.69, 9.17) is 4.74 Å². The van der Waals surface area contributed by atoms with Gasteiger partial charge in [0, 0.05) is 23.9 Å². The van der Waals surface area contributed by atoms with E-state index in [0.717, 1.165) is 39.3 Å². The Morgan fingerprint density at radius 1 is 0.636 bits per heavy atom. The first kappa shape index (κ1) is 22.1.